The van der Waals surface area contributed by atoms with E-state index in [0.29, 0.717) is 21.7 Å². The van der Waals surface area contributed by atoms with Crippen LogP contribution in [0.15, 0.2) is 46.6 Å². The lowest BCUT2D eigenvalue weighted by molar-refractivity contribution is -0.120. The van der Waals surface area contributed by atoms with Crippen LogP contribution in [0.5, 0.6) is 11.6 Å². The van der Waals surface area contributed by atoms with Crippen molar-refractivity contribution in [2.75, 3.05) is 6.61 Å². The summed E-state index contributed by atoms with van der Waals surface area (Å²) in [5, 5.41) is 18.7. The number of aromatic nitrogens is 1. The number of benzene rings is 2. The Labute approximate surface area is 149 Å². The maximum atomic E-state index is 11.9. The molecule has 0 fully saturated rings. The summed E-state index contributed by atoms with van der Waals surface area (Å²) in [5.41, 5.74) is 2.68. The average molecular weight is 358 g/mol. The van der Waals surface area contributed by atoms with Gasteiger partial charge < -0.3 is 14.8 Å². The maximum absolute atomic E-state index is 11.9. The summed E-state index contributed by atoms with van der Waals surface area (Å²) in [5.74, 6) is -0.157. The van der Waals surface area contributed by atoms with Gasteiger partial charge in [-0.05, 0) is 43.2 Å². The van der Waals surface area contributed by atoms with E-state index in [9.17, 15) is 9.90 Å². The Kier molecular flexibility index (Phi) is 4.72. The van der Waals surface area contributed by atoms with Gasteiger partial charge in [0.15, 0.2) is 12.3 Å². The Morgan fingerprint density at radius 2 is 1.92 bits per heavy atom. The lowest BCUT2D eigenvalue weighted by Crippen LogP contribution is -2.08. The number of nitrogens with zero attached hydrogens (tertiary/aromatic N) is 2. The number of halogens is 1. The number of carbonyl (C=O) groups is 1. The van der Waals surface area contributed by atoms with Crippen molar-refractivity contribution in [3.63, 3.8) is 0 Å². The van der Waals surface area contributed by atoms with Gasteiger partial charge >= 0.3 is 5.91 Å². The molecule has 0 saturated heterocycles. The zero-order valence-corrected chi connectivity index (χ0v) is 14.5. The van der Waals surface area contributed by atoms with Crippen molar-refractivity contribution in [3.05, 3.63) is 52.5 Å². The molecule has 3 aromatic rings. The molecule has 0 aliphatic rings. The molecular formula is C18H16ClN3O3. The van der Waals surface area contributed by atoms with Crippen LogP contribution in [0.25, 0.3) is 10.9 Å². The van der Waals surface area contributed by atoms with Crippen molar-refractivity contribution in [1.29, 1.82) is 0 Å². The Bertz CT molecular complexity index is 956. The number of hydrogen-bond donors (Lipinski definition) is 2. The highest BCUT2D eigenvalue weighted by Gasteiger charge is 2.11. The molecule has 0 aliphatic heterocycles. The number of rotatable bonds is 4. The number of nitrogens with one attached hydrogen (secondary N) is 1. The SMILES string of the molecule is Cc1cc(OCC(=O)N=Nc2c(O)[nH]c3ccccc23)cc(C)c1Cl. The molecule has 0 bridgehead atoms. The molecule has 128 valence electrons. The number of aromatic hydroxyl groups is 1. The number of ether oxygens (including phenoxy) is 1. The second-order valence-electron chi connectivity index (χ2n) is 5.62. The zero-order chi connectivity index (χ0) is 18.0. The zero-order valence-electron chi connectivity index (χ0n) is 13.7. The summed E-state index contributed by atoms with van der Waals surface area (Å²) in [6.45, 7) is 3.47. The van der Waals surface area contributed by atoms with Gasteiger partial charge in [0.05, 0.1) is 5.52 Å². The normalized spacial score (nSPS) is 11.3. The van der Waals surface area contributed by atoms with Crippen LogP contribution < -0.4 is 4.74 Å². The van der Waals surface area contributed by atoms with Crippen molar-refractivity contribution < 1.29 is 14.6 Å². The van der Waals surface area contributed by atoms with Crippen LogP contribution in [-0.2, 0) is 4.79 Å². The molecule has 1 heterocycles. The molecule has 0 unspecified atom stereocenters. The van der Waals surface area contributed by atoms with Gasteiger partial charge in [-0.15, -0.1) is 10.2 Å². The van der Waals surface area contributed by atoms with E-state index in [1.165, 1.54) is 0 Å². The predicted molar refractivity (Wildman–Crippen MR) is 95.9 cm³/mol. The molecule has 0 radical (unpaired) electrons. The number of aromatic amines is 1. The number of fused-ring (bicyclic) bond motifs is 1. The first-order valence-corrected chi connectivity index (χ1v) is 7.97. The smallest absolute Gasteiger partial charge is 0.302 e. The number of carbonyl (C=O) groups excluding carboxylic acids is 1. The van der Waals surface area contributed by atoms with E-state index in [-0.39, 0.29) is 18.2 Å². The quantitative estimate of drug-likeness (QED) is 0.655. The number of aryl methyl sites for hydroxylation is 2. The molecule has 2 N–H and O–H groups in total. The van der Waals surface area contributed by atoms with Gasteiger partial charge in [0.2, 0.25) is 5.88 Å². The van der Waals surface area contributed by atoms with E-state index in [2.05, 4.69) is 15.2 Å². The molecule has 0 atom stereocenters. The van der Waals surface area contributed by atoms with Gasteiger partial charge in [0.1, 0.15) is 5.75 Å². The van der Waals surface area contributed by atoms with E-state index in [0.717, 1.165) is 11.1 Å². The number of hydrogen-bond acceptors (Lipinski definition) is 4. The number of azo groups is 1. The fraction of sp³-hybridized carbons (Fsp3) is 0.167. The minimum absolute atomic E-state index is 0.136. The summed E-state index contributed by atoms with van der Waals surface area (Å²) in [4.78, 5) is 14.7. The van der Waals surface area contributed by atoms with Crippen LogP contribution in [-0.4, -0.2) is 22.6 Å². The molecule has 0 spiro atoms. The minimum atomic E-state index is -0.560. The molecule has 6 nitrogen and oxygen atoms in total. The number of amides is 1. The van der Waals surface area contributed by atoms with Gasteiger partial charge in [0, 0.05) is 10.4 Å². The Hall–Kier alpha value is -2.86. The van der Waals surface area contributed by atoms with E-state index >= 15 is 0 Å². The summed E-state index contributed by atoms with van der Waals surface area (Å²) in [6, 6.07) is 10.7. The van der Waals surface area contributed by atoms with Crippen molar-refractivity contribution in [3.8, 4) is 11.6 Å². The predicted octanol–water partition coefficient (Wildman–Crippen LogP) is 4.83. The second-order valence-corrected chi connectivity index (χ2v) is 6.00. The second kappa shape index (κ2) is 6.94. The first-order chi connectivity index (χ1) is 12.0. The lowest BCUT2D eigenvalue weighted by Gasteiger charge is -2.08. The molecule has 7 heteroatoms. The lowest BCUT2D eigenvalue weighted by atomic mass is 10.1. The number of para-hydroxylation sites is 1. The molecule has 1 aromatic heterocycles. The Balaban J connectivity index is 1.70. The molecule has 0 aliphatic carbocycles. The van der Waals surface area contributed by atoms with Crippen molar-refractivity contribution in [1.82, 2.24) is 4.98 Å². The van der Waals surface area contributed by atoms with E-state index in [1.807, 2.05) is 26.0 Å². The summed E-state index contributed by atoms with van der Waals surface area (Å²) in [7, 11) is 0. The highest BCUT2D eigenvalue weighted by Crippen LogP contribution is 2.35. The van der Waals surface area contributed by atoms with Crippen LogP contribution in [0.1, 0.15) is 11.1 Å². The van der Waals surface area contributed by atoms with Gasteiger partial charge in [0.25, 0.3) is 0 Å². The van der Waals surface area contributed by atoms with Gasteiger partial charge in [-0.2, -0.15) is 0 Å². The van der Waals surface area contributed by atoms with Crippen LogP contribution in [0.2, 0.25) is 5.02 Å². The van der Waals surface area contributed by atoms with Crippen molar-refractivity contribution in [2.45, 2.75) is 13.8 Å². The first kappa shape index (κ1) is 17.0. The Morgan fingerprint density at radius 3 is 2.64 bits per heavy atom. The third-order valence-electron chi connectivity index (χ3n) is 3.69. The van der Waals surface area contributed by atoms with Crippen LogP contribution in [0, 0.1) is 13.8 Å². The van der Waals surface area contributed by atoms with Crippen LogP contribution in [0.4, 0.5) is 5.69 Å². The summed E-state index contributed by atoms with van der Waals surface area (Å²) < 4.78 is 5.44. The van der Waals surface area contributed by atoms with Crippen molar-refractivity contribution >= 4 is 34.1 Å². The van der Waals surface area contributed by atoms with E-state index in [1.54, 1.807) is 24.3 Å². The molecule has 2 aromatic carbocycles. The van der Waals surface area contributed by atoms with Gasteiger partial charge in [-0.1, -0.05) is 29.8 Å². The standard InChI is InChI=1S/C18H16ClN3O3/c1-10-7-12(8-11(2)16(10)19)25-9-15(23)21-22-17-13-5-3-4-6-14(13)20-18(17)24/h3-8,20,24H,9H2,1-2H3. The Morgan fingerprint density at radius 1 is 1.24 bits per heavy atom. The third kappa shape index (κ3) is 3.64. The summed E-state index contributed by atoms with van der Waals surface area (Å²) >= 11 is 6.10. The first-order valence-electron chi connectivity index (χ1n) is 7.59. The molecule has 3 rings (SSSR count). The molecule has 1 amide bonds. The average Bonchev–Trinajstić information content (AvgIpc) is 2.91. The maximum Gasteiger partial charge on any atom is 0.302 e. The fourth-order valence-electron chi connectivity index (χ4n) is 2.48. The fourth-order valence-corrected chi connectivity index (χ4v) is 2.59. The van der Waals surface area contributed by atoms with Crippen LogP contribution in [0.3, 0.4) is 0 Å². The molecule has 0 saturated carbocycles. The van der Waals surface area contributed by atoms with Crippen molar-refractivity contribution in [2.24, 2.45) is 10.2 Å². The highest BCUT2D eigenvalue weighted by molar-refractivity contribution is 6.32. The third-order valence-corrected chi connectivity index (χ3v) is 4.29. The highest BCUT2D eigenvalue weighted by atomic mass is 35.5. The minimum Gasteiger partial charge on any atom is -0.493 e. The molecule has 25 heavy (non-hydrogen) atoms. The summed E-state index contributed by atoms with van der Waals surface area (Å²) in [6.07, 6.45) is 0. The van der Waals surface area contributed by atoms with Crippen LogP contribution >= 0.6 is 11.6 Å². The van der Waals surface area contributed by atoms with Gasteiger partial charge in [-0.3, -0.25) is 4.79 Å². The van der Waals surface area contributed by atoms with E-state index < -0.39 is 5.91 Å². The van der Waals surface area contributed by atoms with E-state index in [4.69, 9.17) is 16.3 Å². The van der Waals surface area contributed by atoms with Gasteiger partial charge in [-0.25, -0.2) is 0 Å². The number of H-pyrrole nitrogens is 1. The topological polar surface area (TPSA) is 87.0 Å². The molecular weight excluding hydrogens is 342 g/mol. The largest absolute Gasteiger partial charge is 0.493 e. The monoisotopic (exact) mass is 357 g/mol.